The molecule has 0 spiro atoms. The summed E-state index contributed by atoms with van der Waals surface area (Å²) in [6.07, 6.45) is 0. The molecule has 0 aliphatic heterocycles. The van der Waals surface area contributed by atoms with Crippen molar-refractivity contribution in [1.82, 2.24) is 0 Å². The molecule has 0 aromatic heterocycles. The summed E-state index contributed by atoms with van der Waals surface area (Å²) in [6.45, 7) is 2.56. The van der Waals surface area contributed by atoms with Crippen LogP contribution in [0.25, 0.3) is 0 Å². The summed E-state index contributed by atoms with van der Waals surface area (Å²) in [4.78, 5) is 0. The number of para-hydroxylation sites is 1. The highest BCUT2D eigenvalue weighted by molar-refractivity contribution is 5.47. The Bertz CT molecular complexity index is 602. The minimum Gasteiger partial charge on any atom is -0.494 e. The Balaban J connectivity index is 2.17. The normalized spacial score (nSPS) is 10.4. The molecule has 2 nitrogen and oxygen atoms in total. The number of rotatable bonds is 5. The van der Waals surface area contributed by atoms with Crippen LogP contribution in [0.15, 0.2) is 36.4 Å². The first-order valence-electron chi connectivity index (χ1n) is 6.21. The van der Waals surface area contributed by atoms with E-state index in [1.54, 1.807) is 12.1 Å². The van der Waals surface area contributed by atoms with E-state index in [-0.39, 0.29) is 12.2 Å². The van der Waals surface area contributed by atoms with Gasteiger partial charge in [0.1, 0.15) is 11.6 Å². The van der Waals surface area contributed by atoms with Crippen LogP contribution in [0, 0.1) is 17.5 Å². The number of nitrogens with one attached hydrogen (secondary N) is 1. The number of benzene rings is 2. The molecule has 5 heteroatoms. The molecule has 0 heterocycles. The molecule has 0 aliphatic carbocycles. The average molecular weight is 281 g/mol. The molecule has 0 fully saturated rings. The number of anilines is 1. The van der Waals surface area contributed by atoms with E-state index in [1.807, 2.05) is 19.1 Å². The van der Waals surface area contributed by atoms with Gasteiger partial charge in [-0.25, -0.2) is 13.2 Å². The predicted molar refractivity (Wildman–Crippen MR) is 71.3 cm³/mol. The Morgan fingerprint density at radius 1 is 1.10 bits per heavy atom. The van der Waals surface area contributed by atoms with E-state index in [2.05, 4.69) is 5.32 Å². The van der Waals surface area contributed by atoms with E-state index in [1.165, 1.54) is 0 Å². The van der Waals surface area contributed by atoms with Gasteiger partial charge >= 0.3 is 0 Å². The van der Waals surface area contributed by atoms with Gasteiger partial charge in [-0.15, -0.1) is 0 Å². The van der Waals surface area contributed by atoms with Gasteiger partial charge in [-0.3, -0.25) is 0 Å². The lowest BCUT2D eigenvalue weighted by molar-refractivity contribution is 0.337. The lowest BCUT2D eigenvalue weighted by atomic mass is 10.2. The van der Waals surface area contributed by atoms with Crippen molar-refractivity contribution in [3.05, 3.63) is 59.4 Å². The maximum absolute atomic E-state index is 13.5. The topological polar surface area (TPSA) is 21.3 Å². The monoisotopic (exact) mass is 281 g/mol. The van der Waals surface area contributed by atoms with Gasteiger partial charge in [0, 0.05) is 24.2 Å². The van der Waals surface area contributed by atoms with Gasteiger partial charge in [0.15, 0.2) is 11.6 Å². The lowest BCUT2D eigenvalue weighted by Gasteiger charge is -2.12. The van der Waals surface area contributed by atoms with Crippen molar-refractivity contribution in [3.63, 3.8) is 0 Å². The fraction of sp³-hybridized carbons (Fsp3) is 0.200. The summed E-state index contributed by atoms with van der Waals surface area (Å²) in [5.74, 6) is -2.49. The summed E-state index contributed by atoms with van der Waals surface area (Å²) in [5.41, 5.74) is 0.562. The van der Waals surface area contributed by atoms with E-state index >= 15 is 0 Å². The molecular formula is C15H14F3NO. The molecule has 20 heavy (non-hydrogen) atoms. The van der Waals surface area contributed by atoms with Gasteiger partial charge in [0.05, 0.1) is 12.3 Å². The van der Waals surface area contributed by atoms with E-state index in [9.17, 15) is 13.2 Å². The summed E-state index contributed by atoms with van der Waals surface area (Å²) < 4.78 is 45.1. The van der Waals surface area contributed by atoms with Crippen LogP contribution in [0.4, 0.5) is 18.9 Å². The fourth-order valence-electron chi connectivity index (χ4n) is 1.82. The van der Waals surface area contributed by atoms with Gasteiger partial charge in [0.2, 0.25) is 0 Å². The van der Waals surface area contributed by atoms with Gasteiger partial charge in [-0.1, -0.05) is 18.2 Å². The summed E-state index contributed by atoms with van der Waals surface area (Å²) in [6, 6.07) is 8.63. The van der Waals surface area contributed by atoms with Crippen LogP contribution >= 0.6 is 0 Å². The number of halogens is 3. The lowest BCUT2D eigenvalue weighted by Crippen LogP contribution is -2.05. The van der Waals surface area contributed by atoms with Crippen LogP contribution in [0.5, 0.6) is 5.75 Å². The molecule has 0 bridgehead atoms. The summed E-state index contributed by atoms with van der Waals surface area (Å²) >= 11 is 0. The fourth-order valence-corrected chi connectivity index (χ4v) is 1.82. The Kier molecular flexibility index (Phi) is 4.50. The zero-order valence-corrected chi connectivity index (χ0v) is 10.9. The summed E-state index contributed by atoms with van der Waals surface area (Å²) in [5, 5.41) is 2.67. The minimum absolute atomic E-state index is 0.204. The zero-order valence-electron chi connectivity index (χ0n) is 10.9. The minimum atomic E-state index is -1.22. The number of hydrogen-bond donors (Lipinski definition) is 1. The van der Waals surface area contributed by atoms with Crippen molar-refractivity contribution in [3.8, 4) is 5.75 Å². The molecule has 0 saturated heterocycles. The first-order valence-corrected chi connectivity index (χ1v) is 6.21. The van der Waals surface area contributed by atoms with E-state index in [4.69, 9.17) is 4.74 Å². The molecule has 106 valence electrons. The number of ether oxygens (including phenoxy) is 1. The maximum Gasteiger partial charge on any atom is 0.182 e. The largest absolute Gasteiger partial charge is 0.494 e. The van der Waals surface area contributed by atoms with Crippen LogP contribution in [0.3, 0.4) is 0 Å². The summed E-state index contributed by atoms with van der Waals surface area (Å²) in [7, 11) is 0. The van der Waals surface area contributed by atoms with Crippen molar-refractivity contribution in [2.75, 3.05) is 11.9 Å². The van der Waals surface area contributed by atoms with E-state index in [0.717, 1.165) is 11.6 Å². The second kappa shape index (κ2) is 6.32. The van der Waals surface area contributed by atoms with Gasteiger partial charge in [0.25, 0.3) is 0 Å². The Morgan fingerprint density at radius 2 is 1.85 bits per heavy atom. The highest BCUT2D eigenvalue weighted by Gasteiger charge is 2.11. The molecule has 0 amide bonds. The van der Waals surface area contributed by atoms with Crippen LogP contribution < -0.4 is 10.1 Å². The zero-order chi connectivity index (χ0) is 14.5. The van der Waals surface area contributed by atoms with Gasteiger partial charge in [-0.05, 0) is 13.0 Å². The quantitative estimate of drug-likeness (QED) is 0.833. The van der Waals surface area contributed by atoms with Crippen LogP contribution in [-0.2, 0) is 6.54 Å². The highest BCUT2D eigenvalue weighted by atomic mass is 19.2. The Hall–Kier alpha value is -2.17. The van der Waals surface area contributed by atoms with Crippen molar-refractivity contribution >= 4 is 5.69 Å². The molecule has 0 aliphatic rings. The molecule has 2 rings (SSSR count). The molecular weight excluding hydrogens is 267 g/mol. The SMILES string of the molecule is CCOc1ccccc1CNc1cc(F)cc(F)c1F. The van der Waals surface area contributed by atoms with Gasteiger partial charge in [-0.2, -0.15) is 0 Å². The number of hydrogen-bond acceptors (Lipinski definition) is 2. The first kappa shape index (κ1) is 14.2. The molecule has 1 N–H and O–H groups in total. The molecule has 0 atom stereocenters. The average Bonchev–Trinajstić information content (AvgIpc) is 2.43. The Labute approximate surface area is 115 Å². The van der Waals surface area contributed by atoms with Crippen molar-refractivity contribution < 1.29 is 17.9 Å². The van der Waals surface area contributed by atoms with Crippen LogP contribution in [0.2, 0.25) is 0 Å². The standard InChI is InChI=1S/C15H14F3NO/c1-2-20-14-6-4-3-5-10(14)9-19-13-8-11(16)7-12(17)15(13)18/h3-8,19H,2,9H2,1H3. The first-order chi connectivity index (χ1) is 9.61. The molecule has 2 aromatic rings. The third-order valence-electron chi connectivity index (χ3n) is 2.73. The second-order valence-electron chi connectivity index (χ2n) is 4.14. The van der Waals surface area contributed by atoms with Crippen molar-refractivity contribution in [2.24, 2.45) is 0 Å². The third-order valence-corrected chi connectivity index (χ3v) is 2.73. The molecule has 0 radical (unpaired) electrons. The van der Waals surface area contributed by atoms with Crippen molar-refractivity contribution in [2.45, 2.75) is 13.5 Å². The van der Waals surface area contributed by atoms with Crippen LogP contribution in [-0.4, -0.2) is 6.61 Å². The smallest absolute Gasteiger partial charge is 0.182 e. The highest BCUT2D eigenvalue weighted by Crippen LogP contribution is 2.23. The Morgan fingerprint density at radius 3 is 2.60 bits per heavy atom. The molecule has 0 unspecified atom stereocenters. The predicted octanol–water partition coefficient (Wildman–Crippen LogP) is 4.11. The van der Waals surface area contributed by atoms with Crippen LogP contribution in [0.1, 0.15) is 12.5 Å². The van der Waals surface area contributed by atoms with Crippen molar-refractivity contribution in [1.29, 1.82) is 0 Å². The maximum atomic E-state index is 13.5. The van der Waals surface area contributed by atoms with E-state index < -0.39 is 17.5 Å². The second-order valence-corrected chi connectivity index (χ2v) is 4.14. The molecule has 2 aromatic carbocycles. The molecule has 0 saturated carbocycles. The van der Waals surface area contributed by atoms with Gasteiger partial charge < -0.3 is 10.1 Å². The third kappa shape index (κ3) is 3.23. The van der Waals surface area contributed by atoms with E-state index in [0.29, 0.717) is 18.4 Å².